The van der Waals surface area contributed by atoms with Crippen LogP contribution in [0, 0.1) is 0 Å². The van der Waals surface area contributed by atoms with Crippen molar-refractivity contribution in [3.63, 3.8) is 0 Å². The van der Waals surface area contributed by atoms with Gasteiger partial charge in [0.25, 0.3) is 0 Å². The molecule has 1 aliphatic heterocycles. The number of carbonyl (C=O) groups excluding carboxylic acids is 1. The number of likely N-dealkylation sites (N-methyl/N-ethyl adjacent to an activating group) is 1. The fourth-order valence-corrected chi connectivity index (χ4v) is 2.59. The van der Waals surface area contributed by atoms with Crippen molar-refractivity contribution in [3.05, 3.63) is 27.7 Å². The maximum absolute atomic E-state index is 10.6. The lowest BCUT2D eigenvalue weighted by atomic mass is 10.1. The standard InChI is InChI=1S/C10H10BrNO/c1-12-3-2-8-4-7(6-13)5-9(11)10(8)12/h4-6H,2-3H2,1H3. The first-order valence-corrected chi connectivity index (χ1v) is 5.00. The van der Waals surface area contributed by atoms with Gasteiger partial charge in [-0.1, -0.05) is 0 Å². The molecule has 0 aromatic heterocycles. The molecule has 0 saturated carbocycles. The van der Waals surface area contributed by atoms with Gasteiger partial charge in [-0.05, 0) is 40.0 Å². The van der Waals surface area contributed by atoms with E-state index in [2.05, 4.69) is 27.9 Å². The minimum Gasteiger partial charge on any atom is -0.373 e. The van der Waals surface area contributed by atoms with Crippen LogP contribution in [0.1, 0.15) is 15.9 Å². The summed E-state index contributed by atoms with van der Waals surface area (Å²) in [6.07, 6.45) is 1.93. The molecular formula is C10H10BrNO. The van der Waals surface area contributed by atoms with Gasteiger partial charge in [0.15, 0.2) is 0 Å². The van der Waals surface area contributed by atoms with E-state index < -0.39 is 0 Å². The highest BCUT2D eigenvalue weighted by atomic mass is 79.9. The van der Waals surface area contributed by atoms with Gasteiger partial charge in [-0.25, -0.2) is 0 Å². The van der Waals surface area contributed by atoms with E-state index in [1.807, 2.05) is 12.1 Å². The molecule has 0 fully saturated rings. The first-order chi connectivity index (χ1) is 6.22. The molecule has 1 aromatic carbocycles. The second-order valence-corrected chi connectivity index (χ2v) is 4.15. The van der Waals surface area contributed by atoms with E-state index in [0.717, 1.165) is 29.3 Å². The largest absolute Gasteiger partial charge is 0.373 e. The van der Waals surface area contributed by atoms with Gasteiger partial charge >= 0.3 is 0 Å². The van der Waals surface area contributed by atoms with Gasteiger partial charge in [-0.2, -0.15) is 0 Å². The number of rotatable bonds is 1. The van der Waals surface area contributed by atoms with Gasteiger partial charge in [0, 0.05) is 23.6 Å². The van der Waals surface area contributed by atoms with Crippen molar-refractivity contribution in [3.8, 4) is 0 Å². The summed E-state index contributed by atoms with van der Waals surface area (Å²) in [5, 5.41) is 0. The Kier molecular flexibility index (Phi) is 2.12. The zero-order chi connectivity index (χ0) is 9.42. The van der Waals surface area contributed by atoms with Crippen molar-refractivity contribution in [1.82, 2.24) is 0 Å². The molecule has 1 aliphatic rings. The molecule has 13 heavy (non-hydrogen) atoms. The molecule has 2 nitrogen and oxygen atoms in total. The fraction of sp³-hybridized carbons (Fsp3) is 0.300. The molecule has 1 aromatic rings. The molecule has 0 N–H and O–H groups in total. The smallest absolute Gasteiger partial charge is 0.150 e. The molecule has 0 atom stereocenters. The third kappa shape index (κ3) is 1.37. The zero-order valence-electron chi connectivity index (χ0n) is 7.38. The molecule has 0 spiro atoms. The predicted octanol–water partition coefficient (Wildman–Crippen LogP) is 2.25. The van der Waals surface area contributed by atoms with Crippen LogP contribution >= 0.6 is 15.9 Å². The monoisotopic (exact) mass is 239 g/mol. The Labute approximate surface area is 85.7 Å². The number of nitrogens with zero attached hydrogens (tertiary/aromatic N) is 1. The Morgan fingerprint density at radius 3 is 3.00 bits per heavy atom. The molecule has 0 saturated heterocycles. The lowest BCUT2D eigenvalue weighted by Gasteiger charge is -2.13. The van der Waals surface area contributed by atoms with E-state index in [0.29, 0.717) is 0 Å². The Bertz CT molecular complexity index is 362. The van der Waals surface area contributed by atoms with Crippen LogP contribution in [0.2, 0.25) is 0 Å². The van der Waals surface area contributed by atoms with Crippen LogP contribution in [0.3, 0.4) is 0 Å². The summed E-state index contributed by atoms with van der Waals surface area (Å²) in [5.41, 5.74) is 3.24. The average Bonchev–Trinajstić information content (AvgIpc) is 2.48. The Balaban J connectivity index is 2.59. The summed E-state index contributed by atoms with van der Waals surface area (Å²) < 4.78 is 1.02. The highest BCUT2D eigenvalue weighted by Gasteiger charge is 2.18. The van der Waals surface area contributed by atoms with Gasteiger partial charge in [-0.15, -0.1) is 0 Å². The SMILES string of the molecule is CN1CCc2cc(C=O)cc(Br)c21. The van der Waals surface area contributed by atoms with E-state index in [1.165, 1.54) is 11.3 Å². The minimum atomic E-state index is 0.751. The summed E-state index contributed by atoms with van der Waals surface area (Å²) in [7, 11) is 2.07. The highest BCUT2D eigenvalue weighted by Crippen LogP contribution is 2.35. The summed E-state index contributed by atoms with van der Waals surface area (Å²) in [6, 6.07) is 3.84. The van der Waals surface area contributed by atoms with E-state index in [9.17, 15) is 4.79 Å². The van der Waals surface area contributed by atoms with E-state index in [4.69, 9.17) is 0 Å². The van der Waals surface area contributed by atoms with Crippen molar-refractivity contribution < 1.29 is 4.79 Å². The van der Waals surface area contributed by atoms with E-state index in [1.54, 1.807) is 0 Å². The zero-order valence-corrected chi connectivity index (χ0v) is 8.97. The number of fused-ring (bicyclic) bond motifs is 1. The van der Waals surface area contributed by atoms with Crippen LogP contribution in [0.25, 0.3) is 0 Å². The second kappa shape index (κ2) is 3.14. The number of hydrogen-bond acceptors (Lipinski definition) is 2. The molecule has 0 amide bonds. The van der Waals surface area contributed by atoms with Gasteiger partial charge in [-0.3, -0.25) is 4.79 Å². The van der Waals surface area contributed by atoms with Crippen LogP contribution < -0.4 is 4.90 Å². The van der Waals surface area contributed by atoms with Crippen molar-refractivity contribution in [2.45, 2.75) is 6.42 Å². The van der Waals surface area contributed by atoms with Crippen molar-refractivity contribution >= 4 is 27.9 Å². The topological polar surface area (TPSA) is 20.3 Å². The minimum absolute atomic E-state index is 0.751. The Morgan fingerprint density at radius 2 is 2.31 bits per heavy atom. The lowest BCUT2D eigenvalue weighted by molar-refractivity contribution is 0.112. The molecular weight excluding hydrogens is 230 g/mol. The summed E-state index contributed by atoms with van der Waals surface area (Å²) in [6.45, 7) is 1.04. The maximum Gasteiger partial charge on any atom is 0.150 e. The fourth-order valence-electron chi connectivity index (χ4n) is 1.77. The van der Waals surface area contributed by atoms with E-state index in [-0.39, 0.29) is 0 Å². The second-order valence-electron chi connectivity index (χ2n) is 3.30. The number of benzene rings is 1. The van der Waals surface area contributed by atoms with E-state index >= 15 is 0 Å². The highest BCUT2D eigenvalue weighted by molar-refractivity contribution is 9.10. The Hall–Kier alpha value is -0.830. The van der Waals surface area contributed by atoms with Crippen LogP contribution in [0.4, 0.5) is 5.69 Å². The normalized spacial score (nSPS) is 14.5. The van der Waals surface area contributed by atoms with Gasteiger partial charge in [0.2, 0.25) is 0 Å². The predicted molar refractivity (Wildman–Crippen MR) is 56.5 cm³/mol. The van der Waals surface area contributed by atoms with Crippen LogP contribution in [-0.2, 0) is 6.42 Å². The molecule has 3 heteroatoms. The van der Waals surface area contributed by atoms with Crippen molar-refractivity contribution in [2.24, 2.45) is 0 Å². The van der Waals surface area contributed by atoms with Crippen LogP contribution in [0.5, 0.6) is 0 Å². The van der Waals surface area contributed by atoms with Gasteiger partial charge in [0.05, 0.1) is 5.69 Å². The molecule has 0 aliphatic carbocycles. The number of aldehydes is 1. The van der Waals surface area contributed by atoms with Crippen molar-refractivity contribution in [1.29, 1.82) is 0 Å². The summed E-state index contributed by atoms with van der Waals surface area (Å²) in [5.74, 6) is 0. The third-order valence-corrected chi connectivity index (χ3v) is 3.00. The first-order valence-electron chi connectivity index (χ1n) is 4.21. The van der Waals surface area contributed by atoms with Crippen LogP contribution in [0.15, 0.2) is 16.6 Å². The average molecular weight is 240 g/mol. The molecule has 0 radical (unpaired) electrons. The number of hydrogen-bond donors (Lipinski definition) is 0. The van der Waals surface area contributed by atoms with Crippen molar-refractivity contribution in [2.75, 3.05) is 18.5 Å². The molecule has 0 bridgehead atoms. The quantitative estimate of drug-likeness (QED) is 0.701. The maximum atomic E-state index is 10.6. The summed E-state index contributed by atoms with van der Waals surface area (Å²) in [4.78, 5) is 12.8. The molecule has 1 heterocycles. The lowest BCUT2D eigenvalue weighted by Crippen LogP contribution is -2.12. The van der Waals surface area contributed by atoms with Gasteiger partial charge < -0.3 is 4.90 Å². The molecule has 2 rings (SSSR count). The number of halogens is 1. The van der Waals surface area contributed by atoms with Crippen LogP contribution in [-0.4, -0.2) is 19.9 Å². The van der Waals surface area contributed by atoms with Gasteiger partial charge in [0.1, 0.15) is 6.29 Å². The Morgan fingerprint density at radius 1 is 1.54 bits per heavy atom. The summed E-state index contributed by atoms with van der Waals surface area (Å²) >= 11 is 3.48. The molecule has 0 unspecified atom stereocenters. The first kappa shape index (κ1) is 8.75. The number of carbonyl (C=O) groups is 1. The number of anilines is 1. The molecule has 68 valence electrons. The third-order valence-electron chi connectivity index (χ3n) is 2.40.